The Morgan fingerprint density at radius 3 is 2.55 bits per heavy atom. The quantitative estimate of drug-likeness (QED) is 0.620. The van der Waals surface area contributed by atoms with E-state index < -0.39 is 0 Å². The van der Waals surface area contributed by atoms with E-state index in [1.807, 2.05) is 6.92 Å². The van der Waals surface area contributed by atoms with E-state index in [1.54, 1.807) is 0 Å². The molecule has 0 saturated carbocycles. The molecule has 0 spiro atoms. The first-order chi connectivity index (χ1) is 5.26. The van der Waals surface area contributed by atoms with Crippen molar-refractivity contribution in [3.63, 3.8) is 0 Å². The first-order valence-electron chi connectivity index (χ1n) is 4.16. The van der Waals surface area contributed by atoms with Gasteiger partial charge in [0.05, 0.1) is 5.92 Å². The van der Waals surface area contributed by atoms with Gasteiger partial charge in [-0.1, -0.05) is 26.7 Å². The summed E-state index contributed by atoms with van der Waals surface area (Å²) in [5.41, 5.74) is 0. The summed E-state index contributed by atoms with van der Waals surface area (Å²) in [5, 5.41) is 0. The second-order valence-electron chi connectivity index (χ2n) is 2.68. The van der Waals surface area contributed by atoms with Crippen LogP contribution in [0.2, 0.25) is 0 Å². The van der Waals surface area contributed by atoms with E-state index in [-0.39, 0.29) is 11.9 Å². The Hall–Kier alpha value is -0.570. The minimum absolute atomic E-state index is 0.0000463. The third-order valence-electron chi connectivity index (χ3n) is 1.85. The van der Waals surface area contributed by atoms with Crippen LogP contribution in [0.1, 0.15) is 39.5 Å². The third kappa shape index (κ3) is 3.98. The summed E-state index contributed by atoms with van der Waals surface area (Å²) in [5.74, 6) is 4.49. The van der Waals surface area contributed by atoms with Crippen molar-refractivity contribution >= 4 is 5.97 Å². The average molecular weight is 159 g/mol. The lowest BCUT2D eigenvalue weighted by Crippen LogP contribution is -2.20. The predicted molar refractivity (Wildman–Crippen MR) is 43.6 cm³/mol. The Bertz CT molecular complexity index is 115. The van der Waals surface area contributed by atoms with Crippen LogP contribution in [-0.4, -0.2) is 5.97 Å². The standard InChI is InChI=1S/C8H17NO2/c1-3-5-6-7(4-2)8(10)11-9/h7H,3-6,9H2,1-2H3. The maximum Gasteiger partial charge on any atom is 0.327 e. The summed E-state index contributed by atoms with van der Waals surface area (Å²) in [4.78, 5) is 15.1. The summed E-state index contributed by atoms with van der Waals surface area (Å²) < 4.78 is 0. The number of nitrogens with two attached hydrogens (primary N) is 1. The van der Waals surface area contributed by atoms with Crippen molar-refractivity contribution in [1.82, 2.24) is 0 Å². The third-order valence-corrected chi connectivity index (χ3v) is 1.85. The molecule has 1 atom stereocenters. The van der Waals surface area contributed by atoms with Crippen molar-refractivity contribution < 1.29 is 9.63 Å². The van der Waals surface area contributed by atoms with Gasteiger partial charge in [0.2, 0.25) is 0 Å². The van der Waals surface area contributed by atoms with Gasteiger partial charge in [0.25, 0.3) is 0 Å². The summed E-state index contributed by atoms with van der Waals surface area (Å²) >= 11 is 0. The topological polar surface area (TPSA) is 52.3 Å². The highest BCUT2D eigenvalue weighted by Crippen LogP contribution is 2.13. The molecular weight excluding hydrogens is 142 g/mol. The molecule has 0 saturated heterocycles. The number of unbranched alkanes of at least 4 members (excludes halogenated alkanes) is 1. The van der Waals surface area contributed by atoms with Crippen LogP contribution in [0.3, 0.4) is 0 Å². The molecule has 0 aromatic rings. The van der Waals surface area contributed by atoms with Gasteiger partial charge >= 0.3 is 5.97 Å². The van der Waals surface area contributed by atoms with Gasteiger partial charge in [-0.3, -0.25) is 4.79 Å². The van der Waals surface area contributed by atoms with Gasteiger partial charge in [0.1, 0.15) is 0 Å². The molecular formula is C8H17NO2. The molecule has 0 aliphatic rings. The van der Waals surface area contributed by atoms with Crippen molar-refractivity contribution in [3.8, 4) is 0 Å². The van der Waals surface area contributed by atoms with Crippen LogP contribution >= 0.6 is 0 Å². The Kier molecular flexibility index (Phi) is 5.84. The minimum Gasteiger partial charge on any atom is -0.373 e. The van der Waals surface area contributed by atoms with E-state index in [0.717, 1.165) is 25.7 Å². The zero-order valence-electron chi connectivity index (χ0n) is 7.30. The SMILES string of the molecule is CCCCC(CC)C(=O)ON. The van der Waals surface area contributed by atoms with Gasteiger partial charge in [0.15, 0.2) is 0 Å². The fraction of sp³-hybridized carbons (Fsp3) is 0.875. The maximum absolute atomic E-state index is 10.9. The first kappa shape index (κ1) is 10.4. The van der Waals surface area contributed by atoms with Gasteiger partial charge in [0, 0.05) is 0 Å². The van der Waals surface area contributed by atoms with Gasteiger partial charge in [-0.2, -0.15) is 5.90 Å². The lowest BCUT2D eigenvalue weighted by Gasteiger charge is -2.09. The van der Waals surface area contributed by atoms with Crippen LogP contribution in [-0.2, 0) is 9.63 Å². The summed E-state index contributed by atoms with van der Waals surface area (Å²) in [6, 6.07) is 0. The van der Waals surface area contributed by atoms with Crippen molar-refractivity contribution in [1.29, 1.82) is 0 Å². The van der Waals surface area contributed by atoms with Crippen LogP contribution in [0.4, 0.5) is 0 Å². The number of rotatable bonds is 5. The fourth-order valence-corrected chi connectivity index (χ4v) is 1.04. The molecule has 0 aromatic heterocycles. The Balaban J connectivity index is 3.65. The normalized spacial score (nSPS) is 12.6. The van der Waals surface area contributed by atoms with Gasteiger partial charge < -0.3 is 4.84 Å². The maximum atomic E-state index is 10.9. The number of carbonyl (C=O) groups is 1. The lowest BCUT2D eigenvalue weighted by molar-refractivity contribution is -0.149. The molecule has 0 rings (SSSR count). The Morgan fingerprint density at radius 1 is 1.55 bits per heavy atom. The van der Waals surface area contributed by atoms with E-state index in [2.05, 4.69) is 11.8 Å². The Labute approximate surface area is 67.9 Å². The number of hydrogen-bond donors (Lipinski definition) is 1. The molecule has 0 heterocycles. The van der Waals surface area contributed by atoms with Gasteiger partial charge in [-0.15, -0.1) is 0 Å². The van der Waals surface area contributed by atoms with E-state index in [9.17, 15) is 4.79 Å². The summed E-state index contributed by atoms with van der Waals surface area (Å²) in [6.45, 7) is 4.07. The highest BCUT2D eigenvalue weighted by molar-refractivity contribution is 5.71. The Morgan fingerprint density at radius 2 is 2.18 bits per heavy atom. The zero-order valence-corrected chi connectivity index (χ0v) is 7.30. The summed E-state index contributed by atoms with van der Waals surface area (Å²) in [7, 11) is 0. The second-order valence-corrected chi connectivity index (χ2v) is 2.68. The highest BCUT2D eigenvalue weighted by atomic mass is 16.7. The van der Waals surface area contributed by atoms with Crippen molar-refractivity contribution in [2.75, 3.05) is 0 Å². The average Bonchev–Trinajstić information content (AvgIpc) is 2.05. The molecule has 66 valence electrons. The highest BCUT2D eigenvalue weighted by Gasteiger charge is 2.15. The molecule has 0 aliphatic heterocycles. The molecule has 0 fully saturated rings. The molecule has 0 aromatic carbocycles. The number of carbonyl (C=O) groups excluding carboxylic acids is 1. The predicted octanol–water partition coefficient (Wildman–Crippen LogP) is 1.62. The number of hydrogen-bond acceptors (Lipinski definition) is 3. The van der Waals surface area contributed by atoms with E-state index in [1.165, 1.54) is 0 Å². The van der Waals surface area contributed by atoms with Crippen molar-refractivity contribution in [3.05, 3.63) is 0 Å². The molecule has 3 nitrogen and oxygen atoms in total. The van der Waals surface area contributed by atoms with Crippen LogP contribution < -0.4 is 5.90 Å². The van der Waals surface area contributed by atoms with Crippen molar-refractivity contribution in [2.24, 2.45) is 11.8 Å². The lowest BCUT2D eigenvalue weighted by atomic mass is 10.00. The van der Waals surface area contributed by atoms with Gasteiger partial charge in [-0.05, 0) is 12.8 Å². The van der Waals surface area contributed by atoms with E-state index in [4.69, 9.17) is 5.90 Å². The molecule has 0 radical (unpaired) electrons. The molecule has 0 bridgehead atoms. The summed E-state index contributed by atoms with van der Waals surface area (Å²) in [6.07, 6.45) is 3.88. The molecule has 2 N–H and O–H groups in total. The smallest absolute Gasteiger partial charge is 0.327 e. The molecule has 1 unspecified atom stereocenters. The second kappa shape index (κ2) is 6.16. The van der Waals surface area contributed by atoms with Gasteiger partial charge in [-0.25, -0.2) is 0 Å². The van der Waals surface area contributed by atoms with E-state index >= 15 is 0 Å². The fourth-order valence-electron chi connectivity index (χ4n) is 1.04. The van der Waals surface area contributed by atoms with Crippen LogP contribution in [0.15, 0.2) is 0 Å². The molecule has 0 aliphatic carbocycles. The van der Waals surface area contributed by atoms with Crippen LogP contribution in [0.25, 0.3) is 0 Å². The van der Waals surface area contributed by atoms with Crippen LogP contribution in [0.5, 0.6) is 0 Å². The zero-order chi connectivity index (χ0) is 8.69. The van der Waals surface area contributed by atoms with Crippen LogP contribution in [0, 0.1) is 5.92 Å². The van der Waals surface area contributed by atoms with E-state index in [0.29, 0.717) is 0 Å². The minimum atomic E-state index is -0.277. The molecule has 11 heavy (non-hydrogen) atoms. The molecule has 0 amide bonds. The molecule has 3 heteroatoms. The monoisotopic (exact) mass is 159 g/mol. The largest absolute Gasteiger partial charge is 0.373 e. The first-order valence-corrected chi connectivity index (χ1v) is 4.16. The van der Waals surface area contributed by atoms with Crippen molar-refractivity contribution in [2.45, 2.75) is 39.5 Å².